The molecule has 1 N–H and O–H groups in total. The Hall–Kier alpha value is -0.910. The maximum Gasteiger partial charge on any atom is 0.306 e. The Bertz CT molecular complexity index is 323. The Morgan fingerprint density at radius 3 is 2.28 bits per heavy atom. The normalized spacial score (nSPS) is 14.7. The second kappa shape index (κ2) is 7.51. The Kier molecular flexibility index (Phi) is 7.13. The lowest BCUT2D eigenvalue weighted by atomic mass is 10.2. The zero-order valence-electron chi connectivity index (χ0n) is 11.7. The van der Waals surface area contributed by atoms with Crippen LogP contribution in [0.5, 0.6) is 0 Å². The van der Waals surface area contributed by atoms with E-state index in [1.807, 2.05) is 0 Å². The minimum absolute atomic E-state index is 0.0622. The van der Waals surface area contributed by atoms with Crippen molar-refractivity contribution in [3.8, 4) is 0 Å². The van der Waals surface area contributed by atoms with Crippen molar-refractivity contribution in [1.82, 2.24) is 5.32 Å². The molecule has 0 saturated carbocycles. The van der Waals surface area contributed by atoms with E-state index in [2.05, 4.69) is 5.32 Å². The number of carbonyl (C=O) groups excluding carboxylic acids is 2. The van der Waals surface area contributed by atoms with Crippen LogP contribution in [0.2, 0.25) is 0 Å². The van der Waals surface area contributed by atoms with Crippen LogP contribution in [0, 0.1) is 0 Å². The third-order valence-corrected chi connectivity index (χ3v) is 3.43. The molecule has 6 heteroatoms. The Balaban J connectivity index is 3.84. The molecular formula is C12H23NO4S. The molecule has 0 aliphatic rings. The highest BCUT2D eigenvalue weighted by Crippen LogP contribution is 2.08. The van der Waals surface area contributed by atoms with Crippen molar-refractivity contribution in [2.75, 3.05) is 12.8 Å². The molecule has 0 spiro atoms. The zero-order chi connectivity index (χ0) is 14.3. The van der Waals surface area contributed by atoms with Crippen molar-refractivity contribution in [3.63, 3.8) is 0 Å². The quantitative estimate of drug-likeness (QED) is 0.735. The van der Waals surface area contributed by atoms with Gasteiger partial charge in [-0.3, -0.25) is 13.8 Å². The van der Waals surface area contributed by atoms with Crippen LogP contribution in [-0.4, -0.2) is 39.7 Å². The van der Waals surface area contributed by atoms with Crippen LogP contribution in [0.4, 0.5) is 0 Å². The summed E-state index contributed by atoms with van der Waals surface area (Å²) in [6.07, 6.45) is 1.75. The maximum atomic E-state index is 11.4. The zero-order valence-corrected chi connectivity index (χ0v) is 12.6. The molecule has 0 aromatic carbocycles. The number of esters is 1. The summed E-state index contributed by atoms with van der Waals surface area (Å²) in [5.74, 6) is -0.608. The van der Waals surface area contributed by atoms with E-state index < -0.39 is 16.4 Å². The van der Waals surface area contributed by atoms with Crippen molar-refractivity contribution < 1.29 is 18.5 Å². The largest absolute Gasteiger partial charge is 0.460 e. The van der Waals surface area contributed by atoms with Gasteiger partial charge in [0.05, 0.1) is 6.42 Å². The molecule has 0 aromatic rings. The van der Waals surface area contributed by atoms with Crippen LogP contribution in [0.15, 0.2) is 0 Å². The Morgan fingerprint density at radius 2 is 1.83 bits per heavy atom. The smallest absolute Gasteiger partial charge is 0.306 e. The fraction of sp³-hybridized carbons (Fsp3) is 0.833. The van der Waals surface area contributed by atoms with Gasteiger partial charge >= 0.3 is 5.97 Å². The van der Waals surface area contributed by atoms with Crippen molar-refractivity contribution in [1.29, 1.82) is 0 Å². The number of nitrogens with one attached hydrogen (secondary N) is 1. The van der Waals surface area contributed by atoms with Crippen molar-refractivity contribution in [2.24, 2.45) is 0 Å². The number of rotatable bonds is 6. The average molecular weight is 277 g/mol. The lowest BCUT2D eigenvalue weighted by Gasteiger charge is -2.19. The lowest BCUT2D eigenvalue weighted by molar-refractivity contribution is -0.155. The van der Waals surface area contributed by atoms with Crippen LogP contribution in [0.25, 0.3) is 0 Å². The predicted molar refractivity (Wildman–Crippen MR) is 71.6 cm³/mol. The fourth-order valence-corrected chi connectivity index (χ4v) is 1.39. The highest BCUT2D eigenvalue weighted by atomic mass is 32.2. The van der Waals surface area contributed by atoms with Gasteiger partial charge in [-0.05, 0) is 27.7 Å². The molecule has 0 heterocycles. The second-order valence-electron chi connectivity index (χ2n) is 5.20. The number of hydrogen-bond donors (Lipinski definition) is 1. The van der Waals surface area contributed by atoms with Gasteiger partial charge in [0, 0.05) is 35.3 Å². The first-order chi connectivity index (χ1) is 8.11. The van der Waals surface area contributed by atoms with Gasteiger partial charge in [0.2, 0.25) is 5.91 Å². The molecule has 0 bridgehead atoms. The molecule has 2 atom stereocenters. The van der Waals surface area contributed by atoms with Gasteiger partial charge in [0.15, 0.2) is 0 Å². The summed E-state index contributed by atoms with van der Waals surface area (Å²) >= 11 is 0. The molecular weight excluding hydrogens is 254 g/mol. The van der Waals surface area contributed by atoms with Gasteiger partial charge in [0.1, 0.15) is 5.60 Å². The van der Waals surface area contributed by atoms with Gasteiger partial charge in [-0.25, -0.2) is 0 Å². The number of ether oxygens (including phenoxy) is 1. The van der Waals surface area contributed by atoms with Crippen molar-refractivity contribution >= 4 is 22.7 Å². The van der Waals surface area contributed by atoms with Gasteiger partial charge in [-0.2, -0.15) is 0 Å². The van der Waals surface area contributed by atoms with E-state index in [0.717, 1.165) is 0 Å². The summed E-state index contributed by atoms with van der Waals surface area (Å²) in [7, 11) is -0.959. The molecule has 0 fully saturated rings. The average Bonchev–Trinajstić information content (AvgIpc) is 2.20. The molecule has 1 amide bonds. The Labute approximate surface area is 111 Å². The minimum Gasteiger partial charge on any atom is -0.460 e. The molecule has 0 aromatic heterocycles. The number of hydrogen-bond acceptors (Lipinski definition) is 4. The molecule has 0 aliphatic heterocycles. The van der Waals surface area contributed by atoms with Gasteiger partial charge < -0.3 is 10.1 Å². The topological polar surface area (TPSA) is 72.5 Å². The number of carbonyl (C=O) groups is 2. The van der Waals surface area contributed by atoms with Crippen molar-refractivity contribution in [3.05, 3.63) is 0 Å². The molecule has 0 radical (unpaired) electrons. The monoisotopic (exact) mass is 277 g/mol. The molecule has 106 valence electrons. The molecule has 2 unspecified atom stereocenters. The SMILES string of the molecule is CC(CNC(=O)CCC(=O)OC(C)(C)C)S(C)=O. The van der Waals surface area contributed by atoms with E-state index in [1.165, 1.54) is 0 Å². The summed E-state index contributed by atoms with van der Waals surface area (Å²) in [5.41, 5.74) is -0.527. The highest BCUT2D eigenvalue weighted by Gasteiger charge is 2.17. The van der Waals surface area contributed by atoms with E-state index >= 15 is 0 Å². The lowest BCUT2D eigenvalue weighted by Crippen LogP contribution is -2.33. The van der Waals surface area contributed by atoms with E-state index in [9.17, 15) is 13.8 Å². The summed E-state index contributed by atoms with van der Waals surface area (Å²) < 4.78 is 16.1. The summed E-state index contributed by atoms with van der Waals surface area (Å²) in [6.45, 7) is 7.50. The second-order valence-corrected chi connectivity index (χ2v) is 7.00. The molecule has 18 heavy (non-hydrogen) atoms. The minimum atomic E-state index is -0.959. The first kappa shape index (κ1) is 17.1. The van der Waals surface area contributed by atoms with Crippen molar-refractivity contribution in [2.45, 2.75) is 51.4 Å². The van der Waals surface area contributed by atoms with Gasteiger partial charge in [-0.15, -0.1) is 0 Å². The van der Waals surface area contributed by atoms with Crippen LogP contribution in [0.1, 0.15) is 40.5 Å². The number of amides is 1. The fourth-order valence-electron chi connectivity index (χ4n) is 1.07. The van der Waals surface area contributed by atoms with Crippen LogP contribution in [0.3, 0.4) is 0 Å². The molecule has 0 saturated heterocycles. The first-order valence-corrected chi connectivity index (χ1v) is 7.54. The molecule has 5 nitrogen and oxygen atoms in total. The standard InChI is InChI=1S/C12H23NO4S/c1-9(18(5)16)8-13-10(14)6-7-11(15)17-12(2,3)4/h9H,6-8H2,1-5H3,(H,13,14). The molecule has 0 aliphatic carbocycles. The van der Waals surface area contributed by atoms with Crippen LogP contribution < -0.4 is 5.32 Å². The van der Waals surface area contributed by atoms with Gasteiger partial charge in [-0.1, -0.05) is 0 Å². The summed E-state index contributed by atoms with van der Waals surface area (Å²) in [4.78, 5) is 22.8. The van der Waals surface area contributed by atoms with E-state index in [1.54, 1.807) is 34.0 Å². The summed E-state index contributed by atoms with van der Waals surface area (Å²) in [6, 6.07) is 0. The predicted octanol–water partition coefficient (Wildman–Crippen LogP) is 0.991. The Morgan fingerprint density at radius 1 is 1.28 bits per heavy atom. The van der Waals surface area contributed by atoms with Crippen LogP contribution in [-0.2, 0) is 25.1 Å². The first-order valence-electron chi connectivity index (χ1n) is 5.92. The highest BCUT2D eigenvalue weighted by molar-refractivity contribution is 7.84. The third-order valence-electron chi connectivity index (χ3n) is 2.13. The van der Waals surface area contributed by atoms with Gasteiger partial charge in [0.25, 0.3) is 0 Å². The van der Waals surface area contributed by atoms with Crippen LogP contribution >= 0.6 is 0 Å². The van der Waals surface area contributed by atoms with E-state index in [4.69, 9.17) is 4.74 Å². The van der Waals surface area contributed by atoms with E-state index in [0.29, 0.717) is 6.54 Å². The third kappa shape index (κ3) is 9.15. The summed E-state index contributed by atoms with van der Waals surface area (Å²) in [5, 5.41) is 2.55. The molecule has 0 rings (SSSR count). The van der Waals surface area contributed by atoms with E-state index in [-0.39, 0.29) is 30.0 Å². The maximum absolute atomic E-state index is 11.4.